The molecular formula is C20H23NO7. The summed E-state index contributed by atoms with van der Waals surface area (Å²) < 4.78 is 11.2. The van der Waals surface area contributed by atoms with Gasteiger partial charge in [0.2, 0.25) is 6.29 Å². The number of nitrogens with one attached hydrogen (secondary N) is 1. The molecule has 8 nitrogen and oxygen atoms in total. The lowest BCUT2D eigenvalue weighted by molar-refractivity contribution is -0.277. The Kier molecular flexibility index (Phi) is 6.28. The highest BCUT2D eigenvalue weighted by Gasteiger charge is 2.44. The van der Waals surface area contributed by atoms with E-state index in [4.69, 9.17) is 9.47 Å². The summed E-state index contributed by atoms with van der Waals surface area (Å²) >= 11 is 0. The van der Waals surface area contributed by atoms with Crippen molar-refractivity contribution < 1.29 is 34.7 Å². The van der Waals surface area contributed by atoms with Crippen molar-refractivity contribution in [3.8, 4) is 16.9 Å². The monoisotopic (exact) mass is 389 g/mol. The molecular weight excluding hydrogens is 366 g/mol. The summed E-state index contributed by atoms with van der Waals surface area (Å²) in [5.41, 5.74) is 1.83. The van der Waals surface area contributed by atoms with E-state index in [0.717, 1.165) is 0 Å². The van der Waals surface area contributed by atoms with Gasteiger partial charge in [0.1, 0.15) is 30.2 Å². The van der Waals surface area contributed by atoms with Gasteiger partial charge in [0.15, 0.2) is 0 Å². The van der Waals surface area contributed by atoms with E-state index < -0.39 is 37.3 Å². The normalized spacial score (nSPS) is 27.2. The molecule has 1 amide bonds. The number of benzene rings is 2. The maximum absolute atomic E-state index is 11.9. The predicted octanol–water partition coefficient (Wildman–Crippen LogP) is -0.108. The van der Waals surface area contributed by atoms with Crippen molar-refractivity contribution in [1.29, 1.82) is 0 Å². The number of rotatable bonds is 5. The van der Waals surface area contributed by atoms with Gasteiger partial charge < -0.3 is 35.2 Å². The molecule has 0 saturated carbocycles. The van der Waals surface area contributed by atoms with Crippen LogP contribution in [0.3, 0.4) is 0 Å². The minimum Gasteiger partial charge on any atom is -0.461 e. The molecule has 150 valence electrons. The van der Waals surface area contributed by atoms with Crippen LogP contribution in [-0.2, 0) is 4.74 Å². The summed E-state index contributed by atoms with van der Waals surface area (Å²) in [5, 5.41) is 41.9. The van der Waals surface area contributed by atoms with Crippen molar-refractivity contribution in [3.63, 3.8) is 0 Å². The van der Waals surface area contributed by atoms with Gasteiger partial charge in [-0.25, -0.2) is 0 Å². The second kappa shape index (κ2) is 8.68. The molecule has 0 bridgehead atoms. The zero-order chi connectivity index (χ0) is 20.3. The number of carbonyl (C=O) groups excluding carboxylic acids is 1. The van der Waals surface area contributed by atoms with Gasteiger partial charge in [-0.2, -0.15) is 0 Å². The number of hydrogen-bond acceptors (Lipinski definition) is 7. The van der Waals surface area contributed by atoms with Crippen molar-refractivity contribution >= 4 is 5.91 Å². The topological polar surface area (TPSA) is 128 Å². The van der Waals surface area contributed by atoms with Crippen LogP contribution in [0.2, 0.25) is 0 Å². The van der Waals surface area contributed by atoms with E-state index in [-0.39, 0.29) is 5.91 Å². The van der Waals surface area contributed by atoms with Gasteiger partial charge in [-0.3, -0.25) is 4.79 Å². The van der Waals surface area contributed by atoms with Gasteiger partial charge in [0, 0.05) is 18.2 Å². The van der Waals surface area contributed by atoms with Gasteiger partial charge in [0.25, 0.3) is 5.91 Å². The molecule has 0 aromatic heterocycles. The van der Waals surface area contributed by atoms with Crippen molar-refractivity contribution in [2.75, 3.05) is 13.7 Å². The molecule has 5 N–H and O–H groups in total. The van der Waals surface area contributed by atoms with Crippen molar-refractivity contribution in [2.24, 2.45) is 0 Å². The largest absolute Gasteiger partial charge is 0.461 e. The van der Waals surface area contributed by atoms with Gasteiger partial charge in [0.05, 0.1) is 6.61 Å². The third kappa shape index (κ3) is 4.01. The predicted molar refractivity (Wildman–Crippen MR) is 99.7 cm³/mol. The highest BCUT2D eigenvalue weighted by molar-refractivity contribution is 5.95. The van der Waals surface area contributed by atoms with Crippen LogP contribution in [0.1, 0.15) is 10.4 Å². The van der Waals surface area contributed by atoms with E-state index in [1.807, 2.05) is 6.07 Å². The van der Waals surface area contributed by atoms with Crippen LogP contribution >= 0.6 is 0 Å². The number of hydrogen-bond donors (Lipinski definition) is 5. The number of carbonyl (C=O) groups is 1. The first-order valence-electron chi connectivity index (χ1n) is 8.85. The van der Waals surface area contributed by atoms with Crippen LogP contribution in [-0.4, -0.2) is 70.7 Å². The Morgan fingerprint density at radius 1 is 1.07 bits per heavy atom. The average Bonchev–Trinajstić information content (AvgIpc) is 2.74. The number of aliphatic hydroxyl groups is 4. The SMILES string of the molecule is CNC(=O)c1cccc(-c2ccccc2O[C@@H]2O[C@H](CO)[C@H](O)[C@H](O)[C@H]2O)c1. The lowest BCUT2D eigenvalue weighted by Gasteiger charge is -2.39. The molecule has 0 spiro atoms. The number of amides is 1. The highest BCUT2D eigenvalue weighted by atomic mass is 16.7. The summed E-state index contributed by atoms with van der Waals surface area (Å²) in [7, 11) is 1.55. The second-order valence-corrected chi connectivity index (χ2v) is 6.47. The molecule has 1 fully saturated rings. The number of aliphatic hydroxyl groups excluding tert-OH is 4. The van der Waals surface area contributed by atoms with E-state index in [2.05, 4.69) is 5.32 Å². The van der Waals surface area contributed by atoms with E-state index in [1.54, 1.807) is 49.5 Å². The molecule has 3 rings (SSSR count). The van der Waals surface area contributed by atoms with Crippen molar-refractivity contribution in [2.45, 2.75) is 30.7 Å². The smallest absolute Gasteiger partial charge is 0.251 e. The minimum atomic E-state index is -1.53. The highest BCUT2D eigenvalue weighted by Crippen LogP contribution is 2.33. The van der Waals surface area contributed by atoms with Crippen LogP contribution in [0, 0.1) is 0 Å². The third-order valence-electron chi connectivity index (χ3n) is 4.64. The molecule has 1 aliphatic heterocycles. The molecule has 5 atom stereocenters. The molecule has 8 heteroatoms. The van der Waals surface area contributed by atoms with Gasteiger partial charge in [-0.05, 0) is 23.8 Å². The molecule has 2 aromatic carbocycles. The van der Waals surface area contributed by atoms with E-state index in [1.165, 1.54) is 0 Å². The summed E-state index contributed by atoms with van der Waals surface area (Å²) in [6.07, 6.45) is -6.85. The summed E-state index contributed by atoms with van der Waals surface area (Å²) in [6, 6.07) is 13.9. The molecule has 0 radical (unpaired) electrons. The Balaban J connectivity index is 1.90. The lowest BCUT2D eigenvalue weighted by Crippen LogP contribution is -2.60. The van der Waals surface area contributed by atoms with Gasteiger partial charge in [-0.1, -0.05) is 30.3 Å². The Hall–Kier alpha value is -2.49. The molecule has 2 aromatic rings. The molecule has 28 heavy (non-hydrogen) atoms. The summed E-state index contributed by atoms with van der Waals surface area (Å²) in [6.45, 7) is -0.541. The van der Waals surface area contributed by atoms with Crippen molar-refractivity contribution in [1.82, 2.24) is 5.32 Å². The Morgan fingerprint density at radius 3 is 2.54 bits per heavy atom. The van der Waals surface area contributed by atoms with Crippen molar-refractivity contribution in [3.05, 3.63) is 54.1 Å². The van der Waals surface area contributed by atoms with E-state index in [0.29, 0.717) is 22.4 Å². The van der Waals surface area contributed by atoms with Crippen LogP contribution in [0.15, 0.2) is 48.5 Å². The molecule has 1 saturated heterocycles. The minimum absolute atomic E-state index is 0.228. The zero-order valence-corrected chi connectivity index (χ0v) is 15.2. The fraction of sp³-hybridized carbons (Fsp3) is 0.350. The molecule has 1 heterocycles. The Bertz CT molecular complexity index is 826. The first-order valence-corrected chi connectivity index (χ1v) is 8.85. The van der Waals surface area contributed by atoms with Gasteiger partial charge in [-0.15, -0.1) is 0 Å². The average molecular weight is 389 g/mol. The Labute approximate surface area is 162 Å². The maximum Gasteiger partial charge on any atom is 0.251 e. The number of ether oxygens (including phenoxy) is 2. The fourth-order valence-corrected chi connectivity index (χ4v) is 3.07. The number of para-hydroxylation sites is 1. The van der Waals surface area contributed by atoms with Gasteiger partial charge >= 0.3 is 0 Å². The lowest BCUT2D eigenvalue weighted by atomic mass is 9.99. The van der Waals surface area contributed by atoms with Crippen LogP contribution < -0.4 is 10.1 Å². The molecule has 1 aliphatic rings. The van der Waals surface area contributed by atoms with Crippen LogP contribution in [0.25, 0.3) is 11.1 Å². The molecule has 0 aliphatic carbocycles. The third-order valence-corrected chi connectivity index (χ3v) is 4.64. The second-order valence-electron chi connectivity index (χ2n) is 6.47. The van der Waals surface area contributed by atoms with E-state index in [9.17, 15) is 25.2 Å². The fourth-order valence-electron chi connectivity index (χ4n) is 3.07. The first kappa shape index (κ1) is 20.2. The molecule has 0 unspecified atom stereocenters. The Morgan fingerprint density at radius 2 is 1.82 bits per heavy atom. The maximum atomic E-state index is 11.9. The van der Waals surface area contributed by atoms with Crippen LogP contribution in [0.4, 0.5) is 0 Å². The summed E-state index contributed by atoms with van der Waals surface area (Å²) in [5.74, 6) is 0.120. The summed E-state index contributed by atoms with van der Waals surface area (Å²) in [4.78, 5) is 11.9. The van der Waals surface area contributed by atoms with E-state index >= 15 is 0 Å². The quantitative estimate of drug-likeness (QED) is 0.483. The van der Waals surface area contributed by atoms with Crippen LogP contribution in [0.5, 0.6) is 5.75 Å². The zero-order valence-electron chi connectivity index (χ0n) is 15.2. The standard InChI is InChI=1S/C20H23NO7/c1-21-19(26)12-6-4-5-11(9-12)13-7-2-3-8-14(13)27-20-18(25)17(24)16(23)15(10-22)28-20/h2-9,15-18,20,22-25H,10H2,1H3,(H,21,26)/t15-,16+,17+,18-,20-/m1/s1. The first-order chi connectivity index (χ1) is 13.5.